The minimum absolute atomic E-state index is 0.211. The molecule has 1 fully saturated rings. The van der Waals surface area contributed by atoms with E-state index < -0.39 is 15.4 Å². The molecule has 2 heterocycles. The van der Waals surface area contributed by atoms with E-state index in [1.807, 2.05) is 0 Å². The summed E-state index contributed by atoms with van der Waals surface area (Å²) in [6.45, 7) is 13.1. The molecule has 0 amide bonds. The van der Waals surface area contributed by atoms with Gasteiger partial charge in [-0.2, -0.15) is 0 Å². The van der Waals surface area contributed by atoms with Crippen LogP contribution < -0.4 is 10.4 Å². The van der Waals surface area contributed by atoms with E-state index >= 15 is 0 Å². The number of anilines is 1. The molecule has 0 saturated carbocycles. The van der Waals surface area contributed by atoms with Gasteiger partial charge in [0.2, 0.25) is 0 Å². The minimum Gasteiger partial charge on any atom is -0.423 e. The van der Waals surface area contributed by atoms with Crippen LogP contribution >= 0.6 is 0 Å². The maximum atomic E-state index is 9.26. The van der Waals surface area contributed by atoms with Gasteiger partial charge < -0.3 is 19.4 Å². The number of pyridine rings is 1. The smallest absolute Gasteiger partial charge is 0.423 e. The summed E-state index contributed by atoms with van der Waals surface area (Å²) in [4.78, 5) is 6.30. The maximum Gasteiger partial charge on any atom is 0.490 e. The van der Waals surface area contributed by atoms with Gasteiger partial charge in [-0.05, 0) is 30.6 Å². The molecule has 7 heteroatoms. The monoisotopic (exact) mass is 322 g/mol. The molecular formula is C15H27BN2O3Si. The van der Waals surface area contributed by atoms with Crippen molar-refractivity contribution in [2.75, 3.05) is 18.0 Å². The fourth-order valence-corrected chi connectivity index (χ4v) is 3.79. The summed E-state index contributed by atoms with van der Waals surface area (Å²) in [5.41, 5.74) is 1.35. The first kappa shape index (κ1) is 17.5. The molecule has 0 radical (unpaired) electrons. The highest BCUT2D eigenvalue weighted by Crippen LogP contribution is 2.38. The van der Waals surface area contributed by atoms with Gasteiger partial charge in [0.05, 0.1) is 18.0 Å². The lowest BCUT2D eigenvalue weighted by Gasteiger charge is -2.38. The van der Waals surface area contributed by atoms with Gasteiger partial charge in [0.1, 0.15) is 0 Å². The van der Waals surface area contributed by atoms with Crippen LogP contribution in [0.1, 0.15) is 27.2 Å². The molecule has 2 rings (SSSR count). The van der Waals surface area contributed by atoms with Crippen LogP contribution in [-0.4, -0.2) is 49.7 Å². The minimum atomic E-state index is -1.75. The zero-order valence-corrected chi connectivity index (χ0v) is 15.2. The van der Waals surface area contributed by atoms with Crippen molar-refractivity contribution in [2.45, 2.75) is 51.4 Å². The average Bonchev–Trinajstić information content (AvgIpc) is 2.85. The highest BCUT2D eigenvalue weighted by molar-refractivity contribution is 6.74. The van der Waals surface area contributed by atoms with Crippen molar-refractivity contribution in [1.82, 2.24) is 4.98 Å². The van der Waals surface area contributed by atoms with Crippen molar-refractivity contribution in [3.05, 3.63) is 18.5 Å². The highest BCUT2D eigenvalue weighted by Gasteiger charge is 2.40. The molecule has 1 aliphatic rings. The van der Waals surface area contributed by atoms with E-state index in [9.17, 15) is 10.0 Å². The number of aromatic nitrogens is 1. The van der Waals surface area contributed by atoms with Gasteiger partial charge in [0.15, 0.2) is 8.32 Å². The third kappa shape index (κ3) is 3.90. The maximum absolute atomic E-state index is 9.26. The Balaban J connectivity index is 2.03. The first-order valence-electron chi connectivity index (χ1n) is 7.84. The largest absolute Gasteiger partial charge is 0.490 e. The molecule has 1 aliphatic heterocycles. The molecule has 1 aromatic rings. The average molecular weight is 322 g/mol. The lowest BCUT2D eigenvalue weighted by atomic mass is 9.81. The summed E-state index contributed by atoms with van der Waals surface area (Å²) >= 11 is 0. The third-order valence-electron chi connectivity index (χ3n) is 4.82. The van der Waals surface area contributed by atoms with Crippen molar-refractivity contribution in [3.8, 4) is 0 Å². The van der Waals surface area contributed by atoms with Crippen LogP contribution in [0, 0.1) is 0 Å². The summed E-state index contributed by atoms with van der Waals surface area (Å²) in [5, 5.41) is 18.7. The van der Waals surface area contributed by atoms with Gasteiger partial charge in [-0.1, -0.05) is 20.8 Å². The van der Waals surface area contributed by atoms with Crippen molar-refractivity contribution < 1.29 is 14.5 Å². The summed E-state index contributed by atoms with van der Waals surface area (Å²) in [7, 11) is -3.23. The predicted molar refractivity (Wildman–Crippen MR) is 93.0 cm³/mol. The Labute approximate surface area is 134 Å². The molecule has 0 bridgehead atoms. The molecule has 1 atom stereocenters. The fourth-order valence-electron chi connectivity index (χ4n) is 2.41. The Morgan fingerprint density at radius 1 is 1.32 bits per heavy atom. The van der Waals surface area contributed by atoms with Crippen molar-refractivity contribution in [1.29, 1.82) is 0 Å². The second-order valence-corrected chi connectivity index (χ2v) is 12.3. The molecule has 1 aromatic heterocycles. The van der Waals surface area contributed by atoms with E-state index in [-0.39, 0.29) is 11.1 Å². The van der Waals surface area contributed by atoms with Gasteiger partial charge in [-0.25, -0.2) is 0 Å². The SMILES string of the molecule is CC(C)(C)[Si](C)(C)OC1CCN(c2cncc(B(O)O)c2)C1. The first-order chi connectivity index (χ1) is 10.1. The summed E-state index contributed by atoms with van der Waals surface area (Å²) in [6.07, 6.45) is 4.48. The summed E-state index contributed by atoms with van der Waals surface area (Å²) < 4.78 is 6.47. The molecule has 1 saturated heterocycles. The van der Waals surface area contributed by atoms with Crippen LogP contribution in [0.15, 0.2) is 18.5 Å². The lowest BCUT2D eigenvalue weighted by Crippen LogP contribution is -2.44. The molecule has 5 nitrogen and oxygen atoms in total. The Morgan fingerprint density at radius 3 is 2.59 bits per heavy atom. The van der Waals surface area contributed by atoms with Crippen molar-refractivity contribution in [3.63, 3.8) is 0 Å². The predicted octanol–water partition coefficient (Wildman–Crippen LogP) is 1.36. The Hall–Kier alpha value is -0.888. The molecule has 122 valence electrons. The molecule has 0 spiro atoms. The van der Waals surface area contributed by atoms with Gasteiger partial charge in [0.25, 0.3) is 0 Å². The molecule has 0 aliphatic carbocycles. The summed E-state index contributed by atoms with van der Waals surface area (Å²) in [6, 6.07) is 1.78. The fraction of sp³-hybridized carbons (Fsp3) is 0.667. The summed E-state index contributed by atoms with van der Waals surface area (Å²) in [5.74, 6) is 0. The number of rotatable bonds is 4. The van der Waals surface area contributed by atoms with Crippen LogP contribution in [-0.2, 0) is 4.43 Å². The molecule has 22 heavy (non-hydrogen) atoms. The van der Waals surface area contributed by atoms with E-state index in [4.69, 9.17) is 4.43 Å². The molecule has 0 aromatic carbocycles. The zero-order chi connectivity index (χ0) is 16.5. The second-order valence-electron chi connectivity index (χ2n) is 7.59. The van der Waals surface area contributed by atoms with Crippen LogP contribution in [0.5, 0.6) is 0 Å². The quantitative estimate of drug-likeness (QED) is 0.820. The van der Waals surface area contributed by atoms with E-state index in [0.29, 0.717) is 5.46 Å². The van der Waals surface area contributed by atoms with Crippen LogP contribution in [0.25, 0.3) is 0 Å². The number of nitrogens with zero attached hydrogens (tertiary/aromatic N) is 2. The number of hydrogen-bond acceptors (Lipinski definition) is 5. The normalized spacial score (nSPS) is 19.6. The second kappa shape index (κ2) is 6.31. The van der Waals surface area contributed by atoms with Crippen LogP contribution in [0.4, 0.5) is 5.69 Å². The Kier molecular flexibility index (Phi) is 5.01. The highest BCUT2D eigenvalue weighted by atomic mass is 28.4. The van der Waals surface area contributed by atoms with Crippen LogP contribution in [0.2, 0.25) is 18.1 Å². The third-order valence-corrected chi connectivity index (χ3v) is 9.36. The van der Waals surface area contributed by atoms with E-state index in [2.05, 4.69) is 43.7 Å². The van der Waals surface area contributed by atoms with E-state index in [1.165, 1.54) is 6.20 Å². The lowest BCUT2D eigenvalue weighted by molar-refractivity contribution is 0.202. The van der Waals surface area contributed by atoms with Crippen molar-refractivity contribution >= 4 is 26.6 Å². The van der Waals surface area contributed by atoms with Gasteiger partial charge in [0, 0.05) is 24.7 Å². The van der Waals surface area contributed by atoms with Crippen molar-refractivity contribution in [2.24, 2.45) is 0 Å². The van der Waals surface area contributed by atoms with Gasteiger partial charge in [-0.15, -0.1) is 0 Å². The Morgan fingerprint density at radius 2 is 2.00 bits per heavy atom. The zero-order valence-electron chi connectivity index (χ0n) is 14.2. The van der Waals surface area contributed by atoms with E-state index in [1.54, 1.807) is 12.3 Å². The first-order valence-corrected chi connectivity index (χ1v) is 10.7. The number of hydrogen-bond donors (Lipinski definition) is 2. The topological polar surface area (TPSA) is 65.8 Å². The van der Waals surface area contributed by atoms with Gasteiger partial charge >= 0.3 is 7.12 Å². The Bertz CT molecular complexity index is 520. The molecule has 2 N–H and O–H groups in total. The molecule has 1 unspecified atom stereocenters. The molecular weight excluding hydrogens is 295 g/mol. The van der Waals surface area contributed by atoms with Crippen LogP contribution in [0.3, 0.4) is 0 Å². The standard InChI is InChI=1S/C15H27BN2O3Si/c1-15(2,3)22(4,5)21-14-6-7-18(11-14)13-8-12(16(19)20)9-17-10-13/h8-10,14,19-20H,6-7,11H2,1-5H3. The van der Waals surface area contributed by atoms with E-state index in [0.717, 1.165) is 25.2 Å². The van der Waals surface area contributed by atoms with Gasteiger partial charge in [-0.3, -0.25) is 4.98 Å².